The molecule has 98 valence electrons. The Morgan fingerprint density at radius 1 is 1.50 bits per heavy atom. The summed E-state index contributed by atoms with van der Waals surface area (Å²) in [5.74, 6) is 0.152. The maximum atomic E-state index is 11.1. The lowest BCUT2D eigenvalue weighted by Crippen LogP contribution is -2.14. The van der Waals surface area contributed by atoms with Crippen LogP contribution in [0.3, 0.4) is 0 Å². The fourth-order valence-corrected chi connectivity index (χ4v) is 2.06. The lowest BCUT2D eigenvalue weighted by atomic mass is 10.0. The molecule has 0 spiro atoms. The predicted molar refractivity (Wildman–Crippen MR) is 65.6 cm³/mol. The van der Waals surface area contributed by atoms with Gasteiger partial charge in [0.1, 0.15) is 6.10 Å². The van der Waals surface area contributed by atoms with Crippen LogP contribution in [0.2, 0.25) is 0 Å². The van der Waals surface area contributed by atoms with Gasteiger partial charge in [-0.3, -0.25) is 0 Å². The molecule has 1 atom stereocenters. The van der Waals surface area contributed by atoms with E-state index in [2.05, 4.69) is 9.97 Å². The first-order valence-corrected chi connectivity index (χ1v) is 6.17. The van der Waals surface area contributed by atoms with Gasteiger partial charge in [0.05, 0.1) is 11.3 Å². The van der Waals surface area contributed by atoms with Gasteiger partial charge in [-0.1, -0.05) is 13.8 Å². The number of ether oxygens (including phenoxy) is 1. The van der Waals surface area contributed by atoms with Gasteiger partial charge >= 0.3 is 5.97 Å². The third-order valence-corrected chi connectivity index (χ3v) is 3.17. The Labute approximate surface area is 106 Å². The molecule has 0 aliphatic heterocycles. The molecular formula is C13H18N2O3. The Kier molecular flexibility index (Phi) is 3.61. The lowest BCUT2D eigenvalue weighted by Gasteiger charge is -2.16. The second-order valence-corrected chi connectivity index (χ2v) is 4.98. The standard InChI is InChI=1S/C13H18N2O3/c1-7(2)10-9(13(16)17)6-14-12(15-10)11(18-3)8-4-5-8/h6-8,11H,4-5H2,1-3H3,(H,16,17). The first kappa shape index (κ1) is 13.0. The van der Waals surface area contributed by atoms with Gasteiger partial charge in [0.25, 0.3) is 0 Å². The molecule has 1 aliphatic carbocycles. The van der Waals surface area contributed by atoms with Gasteiger partial charge in [-0.15, -0.1) is 0 Å². The summed E-state index contributed by atoms with van der Waals surface area (Å²) in [4.78, 5) is 19.7. The maximum Gasteiger partial charge on any atom is 0.339 e. The van der Waals surface area contributed by atoms with Crippen LogP contribution in [0.25, 0.3) is 0 Å². The van der Waals surface area contributed by atoms with Crippen molar-refractivity contribution in [2.75, 3.05) is 7.11 Å². The molecule has 1 aliphatic rings. The lowest BCUT2D eigenvalue weighted by molar-refractivity contribution is 0.0687. The molecule has 1 unspecified atom stereocenters. The zero-order valence-corrected chi connectivity index (χ0v) is 10.9. The van der Waals surface area contributed by atoms with E-state index in [4.69, 9.17) is 9.84 Å². The molecule has 1 heterocycles. The van der Waals surface area contributed by atoms with Crippen molar-refractivity contribution in [2.24, 2.45) is 5.92 Å². The molecule has 0 aromatic carbocycles. The molecule has 0 bridgehead atoms. The number of carbonyl (C=O) groups is 1. The quantitative estimate of drug-likeness (QED) is 0.868. The van der Waals surface area contributed by atoms with E-state index in [1.165, 1.54) is 6.20 Å². The molecule has 1 fully saturated rings. The highest BCUT2D eigenvalue weighted by Crippen LogP contribution is 2.42. The zero-order chi connectivity index (χ0) is 13.3. The molecule has 2 rings (SSSR count). The third kappa shape index (κ3) is 2.51. The summed E-state index contributed by atoms with van der Waals surface area (Å²) in [5, 5.41) is 9.11. The van der Waals surface area contributed by atoms with Gasteiger partial charge in [-0.2, -0.15) is 0 Å². The Bertz CT molecular complexity index is 456. The minimum atomic E-state index is -0.981. The number of methoxy groups -OCH3 is 1. The SMILES string of the molecule is COC(c1ncc(C(=O)O)c(C(C)C)n1)C1CC1. The predicted octanol–water partition coefficient (Wildman–Crippen LogP) is 2.40. The van der Waals surface area contributed by atoms with Crippen LogP contribution in [0.1, 0.15) is 60.6 Å². The molecule has 0 amide bonds. The second-order valence-electron chi connectivity index (χ2n) is 4.98. The van der Waals surface area contributed by atoms with Crippen molar-refractivity contribution < 1.29 is 14.6 Å². The van der Waals surface area contributed by atoms with Crippen LogP contribution in [-0.2, 0) is 4.74 Å². The van der Waals surface area contributed by atoms with E-state index in [-0.39, 0.29) is 17.6 Å². The first-order valence-electron chi connectivity index (χ1n) is 6.17. The summed E-state index contributed by atoms with van der Waals surface area (Å²) in [5.41, 5.74) is 0.759. The first-order chi connectivity index (χ1) is 8.54. The molecule has 5 heteroatoms. The van der Waals surface area contributed by atoms with Crippen LogP contribution in [0.15, 0.2) is 6.20 Å². The van der Waals surface area contributed by atoms with Gasteiger partial charge in [-0.05, 0) is 24.7 Å². The zero-order valence-electron chi connectivity index (χ0n) is 10.9. The van der Waals surface area contributed by atoms with Crippen LogP contribution >= 0.6 is 0 Å². The van der Waals surface area contributed by atoms with E-state index < -0.39 is 5.97 Å². The average molecular weight is 250 g/mol. The van der Waals surface area contributed by atoms with Crippen molar-refractivity contribution in [3.05, 3.63) is 23.3 Å². The smallest absolute Gasteiger partial charge is 0.339 e. The number of aromatic nitrogens is 2. The van der Waals surface area contributed by atoms with Gasteiger partial charge in [0, 0.05) is 13.3 Å². The number of hydrogen-bond donors (Lipinski definition) is 1. The number of aromatic carboxylic acids is 1. The number of carboxylic acids is 1. The Balaban J connectivity index is 2.38. The molecule has 1 aromatic heterocycles. The van der Waals surface area contributed by atoms with E-state index >= 15 is 0 Å². The summed E-state index contributed by atoms with van der Waals surface area (Å²) in [6.45, 7) is 3.86. The molecule has 1 saturated carbocycles. The molecule has 0 saturated heterocycles. The van der Waals surface area contributed by atoms with Crippen molar-refractivity contribution in [2.45, 2.75) is 38.7 Å². The summed E-state index contributed by atoms with van der Waals surface area (Å²) >= 11 is 0. The highest BCUT2D eigenvalue weighted by Gasteiger charge is 2.35. The Morgan fingerprint density at radius 2 is 2.17 bits per heavy atom. The molecule has 5 nitrogen and oxygen atoms in total. The highest BCUT2D eigenvalue weighted by molar-refractivity contribution is 5.88. The van der Waals surface area contributed by atoms with Crippen molar-refractivity contribution in [1.82, 2.24) is 9.97 Å². The molecular weight excluding hydrogens is 232 g/mol. The summed E-state index contributed by atoms with van der Waals surface area (Å²) in [6, 6.07) is 0. The topological polar surface area (TPSA) is 72.3 Å². The largest absolute Gasteiger partial charge is 0.478 e. The fraction of sp³-hybridized carbons (Fsp3) is 0.615. The van der Waals surface area contributed by atoms with E-state index in [0.29, 0.717) is 17.4 Å². The van der Waals surface area contributed by atoms with E-state index in [9.17, 15) is 4.79 Å². The summed E-state index contributed by atoms with van der Waals surface area (Å²) < 4.78 is 5.42. The van der Waals surface area contributed by atoms with Crippen molar-refractivity contribution in [1.29, 1.82) is 0 Å². The molecule has 0 radical (unpaired) electrons. The van der Waals surface area contributed by atoms with Gasteiger partial charge in [-0.25, -0.2) is 14.8 Å². The van der Waals surface area contributed by atoms with E-state index in [1.807, 2.05) is 13.8 Å². The number of nitrogens with zero attached hydrogens (tertiary/aromatic N) is 2. The van der Waals surface area contributed by atoms with Gasteiger partial charge < -0.3 is 9.84 Å². The Morgan fingerprint density at radius 3 is 2.61 bits per heavy atom. The normalized spacial score (nSPS) is 16.9. The van der Waals surface area contributed by atoms with Crippen molar-refractivity contribution >= 4 is 5.97 Å². The number of carboxylic acid groups (broad SMARTS) is 1. The monoisotopic (exact) mass is 250 g/mol. The summed E-state index contributed by atoms with van der Waals surface area (Å²) in [6.07, 6.45) is 3.54. The van der Waals surface area contributed by atoms with Gasteiger partial charge in [0.2, 0.25) is 0 Å². The van der Waals surface area contributed by atoms with Crippen molar-refractivity contribution in [3.8, 4) is 0 Å². The second kappa shape index (κ2) is 5.02. The average Bonchev–Trinajstić information content (AvgIpc) is 3.14. The van der Waals surface area contributed by atoms with Crippen LogP contribution in [0.4, 0.5) is 0 Å². The van der Waals surface area contributed by atoms with Crippen LogP contribution in [-0.4, -0.2) is 28.2 Å². The maximum absolute atomic E-state index is 11.1. The van der Waals surface area contributed by atoms with Crippen LogP contribution in [0, 0.1) is 5.92 Å². The minimum Gasteiger partial charge on any atom is -0.478 e. The third-order valence-electron chi connectivity index (χ3n) is 3.17. The highest BCUT2D eigenvalue weighted by atomic mass is 16.5. The van der Waals surface area contributed by atoms with E-state index in [0.717, 1.165) is 12.8 Å². The fourth-order valence-electron chi connectivity index (χ4n) is 2.06. The minimum absolute atomic E-state index is 0.0505. The molecule has 1 aromatic rings. The Hall–Kier alpha value is -1.49. The van der Waals surface area contributed by atoms with Crippen LogP contribution < -0.4 is 0 Å². The molecule has 18 heavy (non-hydrogen) atoms. The van der Waals surface area contributed by atoms with Crippen LogP contribution in [0.5, 0.6) is 0 Å². The number of hydrogen-bond acceptors (Lipinski definition) is 4. The van der Waals surface area contributed by atoms with Crippen molar-refractivity contribution in [3.63, 3.8) is 0 Å². The number of rotatable bonds is 5. The molecule has 1 N–H and O–H groups in total. The summed E-state index contributed by atoms with van der Waals surface area (Å²) in [7, 11) is 1.65. The van der Waals surface area contributed by atoms with Gasteiger partial charge in [0.15, 0.2) is 5.82 Å². The van der Waals surface area contributed by atoms with E-state index in [1.54, 1.807) is 7.11 Å².